The number of benzene rings is 2. The van der Waals surface area contributed by atoms with Gasteiger partial charge < -0.3 is 19.2 Å². The maximum atomic E-state index is 12.7. The summed E-state index contributed by atoms with van der Waals surface area (Å²) >= 11 is 6.26. The molecule has 2 aromatic carbocycles. The van der Waals surface area contributed by atoms with Crippen molar-refractivity contribution in [3.8, 4) is 11.5 Å². The number of nitrogens with one attached hydrogen (secondary N) is 1. The van der Waals surface area contributed by atoms with Crippen LogP contribution in [0.15, 0.2) is 65.3 Å². The Kier molecular flexibility index (Phi) is 5.03. The lowest BCUT2D eigenvalue weighted by atomic mass is 10.0. The van der Waals surface area contributed by atoms with Crippen molar-refractivity contribution in [1.29, 1.82) is 0 Å². The van der Waals surface area contributed by atoms with E-state index in [1.165, 1.54) is 0 Å². The predicted octanol–water partition coefficient (Wildman–Crippen LogP) is 4.15. The Morgan fingerprint density at radius 1 is 1.07 bits per heavy atom. The molecule has 0 aliphatic carbocycles. The van der Waals surface area contributed by atoms with Crippen molar-refractivity contribution in [3.63, 3.8) is 0 Å². The molecule has 4 rings (SSSR count). The van der Waals surface area contributed by atoms with Crippen molar-refractivity contribution in [2.75, 3.05) is 13.2 Å². The average Bonchev–Trinajstić information content (AvgIpc) is 3.21. The van der Waals surface area contributed by atoms with Crippen LogP contribution in [0.2, 0.25) is 5.02 Å². The third-order valence-electron chi connectivity index (χ3n) is 4.29. The number of hydrogen-bond acceptors (Lipinski definition) is 4. The summed E-state index contributed by atoms with van der Waals surface area (Å²) in [5.74, 6) is 1.63. The minimum absolute atomic E-state index is 0.145. The molecule has 0 saturated carbocycles. The zero-order valence-corrected chi connectivity index (χ0v) is 15.2. The van der Waals surface area contributed by atoms with Crippen molar-refractivity contribution < 1.29 is 18.7 Å². The molecule has 5 nitrogen and oxygen atoms in total. The first kappa shape index (κ1) is 17.5. The van der Waals surface area contributed by atoms with Crippen LogP contribution in [0.3, 0.4) is 0 Å². The number of amides is 1. The quantitative estimate of drug-likeness (QED) is 0.719. The van der Waals surface area contributed by atoms with Gasteiger partial charge in [-0.15, -0.1) is 0 Å². The van der Waals surface area contributed by atoms with Crippen LogP contribution in [0.4, 0.5) is 0 Å². The Morgan fingerprint density at radius 3 is 2.67 bits per heavy atom. The Morgan fingerprint density at radius 2 is 1.89 bits per heavy atom. The molecule has 1 aliphatic heterocycles. The van der Waals surface area contributed by atoms with Crippen molar-refractivity contribution in [2.24, 2.45) is 0 Å². The molecular formula is C21H18ClNO4. The fourth-order valence-corrected chi connectivity index (χ4v) is 3.37. The van der Waals surface area contributed by atoms with Crippen LogP contribution in [0.1, 0.15) is 22.9 Å². The van der Waals surface area contributed by atoms with Crippen LogP contribution in [0.25, 0.3) is 0 Å². The van der Waals surface area contributed by atoms with Gasteiger partial charge in [0.25, 0.3) is 0 Å². The van der Waals surface area contributed by atoms with Gasteiger partial charge in [0.2, 0.25) is 5.91 Å². The monoisotopic (exact) mass is 383 g/mol. The molecule has 0 bridgehead atoms. The molecule has 0 spiro atoms. The maximum Gasteiger partial charge on any atom is 0.225 e. The Bertz CT molecular complexity index is 925. The molecule has 3 aromatic rings. The van der Waals surface area contributed by atoms with Crippen LogP contribution in [-0.2, 0) is 11.2 Å². The number of furan rings is 1. The number of hydrogen-bond donors (Lipinski definition) is 1. The van der Waals surface area contributed by atoms with E-state index in [-0.39, 0.29) is 18.4 Å². The van der Waals surface area contributed by atoms with E-state index in [1.807, 2.05) is 36.4 Å². The smallest absolute Gasteiger partial charge is 0.225 e. The van der Waals surface area contributed by atoms with E-state index in [0.717, 1.165) is 11.1 Å². The van der Waals surface area contributed by atoms with Crippen molar-refractivity contribution in [2.45, 2.75) is 12.5 Å². The molecule has 1 unspecified atom stereocenters. The van der Waals surface area contributed by atoms with E-state index in [1.54, 1.807) is 24.5 Å². The first-order valence-corrected chi connectivity index (χ1v) is 9.04. The summed E-state index contributed by atoms with van der Waals surface area (Å²) in [6.45, 7) is 0.933. The number of ether oxygens (including phenoxy) is 2. The molecule has 0 saturated heterocycles. The lowest BCUT2D eigenvalue weighted by Crippen LogP contribution is -2.30. The summed E-state index contributed by atoms with van der Waals surface area (Å²) in [6.07, 6.45) is 1.76. The Balaban J connectivity index is 1.53. The van der Waals surface area contributed by atoms with Gasteiger partial charge in [0, 0.05) is 0 Å². The number of rotatable bonds is 5. The zero-order valence-electron chi connectivity index (χ0n) is 14.5. The van der Waals surface area contributed by atoms with Crippen LogP contribution in [-0.4, -0.2) is 19.1 Å². The Hall–Kier alpha value is -2.92. The van der Waals surface area contributed by atoms with Gasteiger partial charge in [0.1, 0.15) is 25.0 Å². The highest BCUT2D eigenvalue weighted by Crippen LogP contribution is 2.38. The van der Waals surface area contributed by atoms with Gasteiger partial charge in [-0.05, 0) is 35.4 Å². The first-order valence-electron chi connectivity index (χ1n) is 8.66. The summed E-state index contributed by atoms with van der Waals surface area (Å²) in [5, 5.41) is 3.48. The fraction of sp³-hybridized carbons (Fsp3) is 0.190. The fourth-order valence-electron chi connectivity index (χ4n) is 3.08. The Labute approximate surface area is 161 Å². The molecule has 0 radical (unpaired) electrons. The highest BCUT2D eigenvalue weighted by molar-refractivity contribution is 6.32. The van der Waals surface area contributed by atoms with E-state index >= 15 is 0 Å². The SMILES string of the molecule is O=C(Cc1cc(Cl)c2c(c1)OCCO2)NC(c1ccccc1)c1ccco1. The van der Waals surface area contributed by atoms with E-state index in [4.69, 9.17) is 25.5 Å². The molecule has 1 N–H and O–H groups in total. The van der Waals surface area contributed by atoms with E-state index in [0.29, 0.717) is 35.5 Å². The van der Waals surface area contributed by atoms with E-state index < -0.39 is 0 Å². The third-order valence-corrected chi connectivity index (χ3v) is 4.57. The minimum atomic E-state index is -0.360. The summed E-state index contributed by atoms with van der Waals surface area (Å²) in [6, 6.07) is 16.5. The number of carbonyl (C=O) groups is 1. The highest BCUT2D eigenvalue weighted by Gasteiger charge is 2.21. The van der Waals surface area contributed by atoms with Crippen molar-refractivity contribution in [1.82, 2.24) is 5.32 Å². The van der Waals surface area contributed by atoms with E-state index in [9.17, 15) is 4.79 Å². The summed E-state index contributed by atoms with van der Waals surface area (Å²) in [5.41, 5.74) is 1.70. The average molecular weight is 384 g/mol. The molecule has 27 heavy (non-hydrogen) atoms. The van der Waals surface area contributed by atoms with Crippen LogP contribution >= 0.6 is 11.6 Å². The zero-order chi connectivity index (χ0) is 18.6. The van der Waals surface area contributed by atoms with Crippen molar-refractivity contribution in [3.05, 3.63) is 82.8 Å². The number of carbonyl (C=O) groups excluding carboxylic acids is 1. The van der Waals surface area contributed by atoms with Crippen LogP contribution < -0.4 is 14.8 Å². The molecule has 6 heteroatoms. The van der Waals surface area contributed by atoms with Gasteiger partial charge in [-0.2, -0.15) is 0 Å². The van der Waals surface area contributed by atoms with Gasteiger partial charge in [0.15, 0.2) is 11.5 Å². The summed E-state index contributed by atoms with van der Waals surface area (Å²) < 4.78 is 16.6. The molecule has 1 atom stereocenters. The second-order valence-corrected chi connectivity index (χ2v) is 6.61. The molecule has 138 valence electrons. The van der Waals surface area contributed by atoms with Crippen LogP contribution in [0, 0.1) is 0 Å². The standard InChI is InChI=1S/C21H18ClNO4/c22-16-11-14(12-18-21(16)27-10-9-26-18)13-19(24)23-20(17-7-4-8-25-17)15-5-2-1-3-6-15/h1-8,11-12,20H,9-10,13H2,(H,23,24). The topological polar surface area (TPSA) is 60.7 Å². The normalized spacial score (nSPS) is 13.8. The largest absolute Gasteiger partial charge is 0.486 e. The molecule has 2 heterocycles. The number of fused-ring (bicyclic) bond motifs is 1. The van der Waals surface area contributed by atoms with Gasteiger partial charge >= 0.3 is 0 Å². The first-order chi connectivity index (χ1) is 13.2. The second-order valence-electron chi connectivity index (χ2n) is 6.21. The third kappa shape index (κ3) is 3.93. The van der Waals surface area contributed by atoms with Gasteiger partial charge in [-0.1, -0.05) is 41.9 Å². The van der Waals surface area contributed by atoms with Gasteiger partial charge in [-0.25, -0.2) is 0 Å². The van der Waals surface area contributed by atoms with E-state index in [2.05, 4.69) is 5.32 Å². The van der Waals surface area contributed by atoms with Gasteiger partial charge in [0.05, 0.1) is 17.7 Å². The molecule has 1 amide bonds. The highest BCUT2D eigenvalue weighted by atomic mass is 35.5. The molecular weight excluding hydrogens is 366 g/mol. The summed E-state index contributed by atoms with van der Waals surface area (Å²) in [7, 11) is 0. The minimum Gasteiger partial charge on any atom is -0.486 e. The van der Waals surface area contributed by atoms with Gasteiger partial charge in [-0.3, -0.25) is 4.79 Å². The molecule has 1 aromatic heterocycles. The lowest BCUT2D eigenvalue weighted by molar-refractivity contribution is -0.121. The molecule has 1 aliphatic rings. The lowest BCUT2D eigenvalue weighted by Gasteiger charge is -2.21. The molecule has 0 fully saturated rings. The predicted molar refractivity (Wildman–Crippen MR) is 101 cm³/mol. The second kappa shape index (κ2) is 7.76. The maximum absolute atomic E-state index is 12.7. The summed E-state index contributed by atoms with van der Waals surface area (Å²) in [4.78, 5) is 12.7. The van der Waals surface area contributed by atoms with Crippen molar-refractivity contribution >= 4 is 17.5 Å². The van der Waals surface area contributed by atoms with Crippen LogP contribution in [0.5, 0.6) is 11.5 Å². The number of halogens is 1.